The average molecular weight is 684 g/mol. The molecule has 0 aliphatic rings. The summed E-state index contributed by atoms with van der Waals surface area (Å²) in [7, 11) is 0. The molecule has 0 unspecified atom stereocenters. The molecule has 0 fully saturated rings. The molecule has 2 aromatic carbocycles. The minimum atomic E-state index is -0.0363. The summed E-state index contributed by atoms with van der Waals surface area (Å²) in [6.07, 6.45) is 0. The Bertz CT molecular complexity index is 680. The van der Waals surface area contributed by atoms with Gasteiger partial charge in [0.2, 0.25) is 0 Å². The van der Waals surface area contributed by atoms with Crippen molar-refractivity contribution in [2.24, 2.45) is 0 Å². The van der Waals surface area contributed by atoms with E-state index in [1.807, 2.05) is 24.3 Å². The Morgan fingerprint density at radius 2 is 1.09 bits per heavy atom. The normalized spacial score (nSPS) is 10.8. The van der Waals surface area contributed by atoms with Crippen LogP contribution in [0.4, 0.5) is 0 Å². The Morgan fingerprint density at radius 1 is 0.727 bits per heavy atom. The van der Waals surface area contributed by atoms with Crippen molar-refractivity contribution >= 4 is 101 Å². The van der Waals surface area contributed by atoms with Crippen LogP contribution in [0.3, 0.4) is 0 Å². The van der Waals surface area contributed by atoms with E-state index in [0.29, 0.717) is 21.8 Å². The van der Waals surface area contributed by atoms with Gasteiger partial charge in [-0.25, -0.2) is 0 Å². The van der Waals surface area contributed by atoms with Gasteiger partial charge in [0, 0.05) is 39.7 Å². The van der Waals surface area contributed by atoms with Gasteiger partial charge in [-0.3, -0.25) is 4.79 Å². The standard InChI is InChI=1S/C15H8Br6O/c16-5-7-1-9(18)3-11(13(7)20)15(22)12-4-10(19)2-8(6-17)14(12)21/h1-4H,5-6H2. The van der Waals surface area contributed by atoms with Crippen molar-refractivity contribution in [3.63, 3.8) is 0 Å². The predicted molar refractivity (Wildman–Crippen MR) is 112 cm³/mol. The Labute approximate surface area is 179 Å². The van der Waals surface area contributed by atoms with E-state index in [0.717, 1.165) is 29.0 Å². The second-order valence-electron chi connectivity index (χ2n) is 4.45. The van der Waals surface area contributed by atoms with Crippen LogP contribution in [0.2, 0.25) is 0 Å². The monoisotopic (exact) mass is 678 g/mol. The second kappa shape index (κ2) is 8.39. The largest absolute Gasteiger partial charge is 0.289 e. The molecule has 22 heavy (non-hydrogen) atoms. The van der Waals surface area contributed by atoms with Crippen LogP contribution >= 0.6 is 95.6 Å². The Hall–Kier alpha value is 0.990. The van der Waals surface area contributed by atoms with E-state index in [9.17, 15) is 4.79 Å². The van der Waals surface area contributed by atoms with Gasteiger partial charge in [0.05, 0.1) is 0 Å². The Kier molecular flexibility index (Phi) is 7.36. The van der Waals surface area contributed by atoms with Crippen molar-refractivity contribution < 1.29 is 4.79 Å². The molecule has 0 aliphatic carbocycles. The molecule has 2 rings (SSSR count). The lowest BCUT2D eigenvalue weighted by atomic mass is 10.0. The van der Waals surface area contributed by atoms with E-state index in [4.69, 9.17) is 0 Å². The first-order valence-corrected chi connectivity index (χ1v) is 11.4. The fraction of sp³-hybridized carbons (Fsp3) is 0.133. The van der Waals surface area contributed by atoms with Gasteiger partial charge in [-0.2, -0.15) is 0 Å². The lowest BCUT2D eigenvalue weighted by molar-refractivity contribution is 0.103. The smallest absolute Gasteiger partial charge is 0.195 e. The van der Waals surface area contributed by atoms with Crippen LogP contribution in [0.5, 0.6) is 0 Å². The van der Waals surface area contributed by atoms with Gasteiger partial charge < -0.3 is 0 Å². The van der Waals surface area contributed by atoms with Crippen molar-refractivity contribution in [3.8, 4) is 0 Å². The Balaban J connectivity index is 2.63. The summed E-state index contributed by atoms with van der Waals surface area (Å²) in [5, 5.41) is 1.33. The van der Waals surface area contributed by atoms with Gasteiger partial charge in [0.1, 0.15) is 0 Å². The number of carbonyl (C=O) groups excluding carboxylic acids is 1. The first-order chi connectivity index (χ1) is 10.4. The number of benzene rings is 2. The highest BCUT2D eigenvalue weighted by molar-refractivity contribution is 9.11. The maximum absolute atomic E-state index is 13.0. The van der Waals surface area contributed by atoms with E-state index < -0.39 is 0 Å². The highest BCUT2D eigenvalue weighted by Gasteiger charge is 2.20. The zero-order valence-electron chi connectivity index (χ0n) is 10.9. The predicted octanol–water partition coefficient (Wildman–Crippen LogP) is 7.76. The van der Waals surface area contributed by atoms with Gasteiger partial charge in [-0.05, 0) is 67.3 Å². The summed E-state index contributed by atoms with van der Waals surface area (Å²) in [5.74, 6) is -0.0363. The van der Waals surface area contributed by atoms with Gasteiger partial charge in [-0.15, -0.1) is 0 Å². The molecular weight excluding hydrogens is 676 g/mol. The minimum absolute atomic E-state index is 0.0363. The molecule has 0 saturated carbocycles. The van der Waals surface area contributed by atoms with Crippen molar-refractivity contribution in [2.75, 3.05) is 0 Å². The summed E-state index contributed by atoms with van der Waals surface area (Å²) >= 11 is 20.9. The van der Waals surface area contributed by atoms with Gasteiger partial charge in [-0.1, -0.05) is 63.7 Å². The topological polar surface area (TPSA) is 17.1 Å². The molecule has 116 valence electrons. The van der Waals surface area contributed by atoms with E-state index >= 15 is 0 Å². The fourth-order valence-electron chi connectivity index (χ4n) is 1.96. The quantitative estimate of drug-likeness (QED) is 0.238. The number of carbonyl (C=O) groups is 1. The Morgan fingerprint density at radius 3 is 1.41 bits per heavy atom. The first kappa shape index (κ1) is 19.3. The lowest BCUT2D eigenvalue weighted by Gasteiger charge is -2.12. The average Bonchev–Trinajstić information content (AvgIpc) is 2.50. The fourth-order valence-corrected chi connectivity index (χ4v) is 5.71. The van der Waals surface area contributed by atoms with Crippen LogP contribution in [0.15, 0.2) is 42.2 Å². The third-order valence-electron chi connectivity index (χ3n) is 3.00. The van der Waals surface area contributed by atoms with E-state index in [2.05, 4.69) is 95.6 Å². The molecule has 7 heteroatoms. The summed E-state index contributed by atoms with van der Waals surface area (Å²) in [5.41, 5.74) is 3.29. The van der Waals surface area contributed by atoms with Crippen LogP contribution in [-0.2, 0) is 10.7 Å². The third kappa shape index (κ3) is 4.14. The number of alkyl halides is 2. The molecule has 1 nitrogen and oxygen atoms in total. The summed E-state index contributed by atoms with van der Waals surface area (Å²) in [6.45, 7) is 0. The maximum atomic E-state index is 13.0. The van der Waals surface area contributed by atoms with E-state index in [-0.39, 0.29) is 5.78 Å². The van der Waals surface area contributed by atoms with Crippen molar-refractivity contribution in [1.82, 2.24) is 0 Å². The summed E-state index contributed by atoms with van der Waals surface area (Å²) in [4.78, 5) is 13.0. The SMILES string of the molecule is O=C(c1cc(Br)cc(CBr)c1Br)c1cc(Br)cc(CBr)c1Br. The van der Waals surface area contributed by atoms with Gasteiger partial charge >= 0.3 is 0 Å². The maximum Gasteiger partial charge on any atom is 0.195 e. The zero-order chi connectivity index (χ0) is 16.4. The number of hydrogen-bond donors (Lipinski definition) is 0. The van der Waals surface area contributed by atoms with Crippen molar-refractivity contribution in [2.45, 2.75) is 10.7 Å². The van der Waals surface area contributed by atoms with Crippen LogP contribution in [0, 0.1) is 0 Å². The molecule has 0 radical (unpaired) electrons. The number of hydrogen-bond acceptors (Lipinski definition) is 1. The van der Waals surface area contributed by atoms with Crippen LogP contribution < -0.4 is 0 Å². The first-order valence-electron chi connectivity index (χ1n) is 6.01. The lowest BCUT2D eigenvalue weighted by Crippen LogP contribution is -2.06. The van der Waals surface area contributed by atoms with E-state index in [1.165, 1.54) is 0 Å². The number of rotatable bonds is 4. The molecule has 0 atom stereocenters. The highest BCUT2D eigenvalue weighted by atomic mass is 79.9. The number of halogens is 6. The van der Waals surface area contributed by atoms with Gasteiger partial charge in [0.25, 0.3) is 0 Å². The molecule has 0 N–H and O–H groups in total. The molecule has 0 aromatic heterocycles. The summed E-state index contributed by atoms with van der Waals surface area (Å²) in [6, 6.07) is 7.63. The third-order valence-corrected chi connectivity index (χ3v) is 7.00. The second-order valence-corrected chi connectivity index (χ2v) is 8.99. The van der Waals surface area contributed by atoms with Crippen LogP contribution in [-0.4, -0.2) is 5.78 Å². The molecule has 0 aliphatic heterocycles. The molecule has 0 heterocycles. The molecule has 2 aromatic rings. The molecule has 0 bridgehead atoms. The summed E-state index contributed by atoms with van der Waals surface area (Å²) < 4.78 is 3.37. The highest BCUT2D eigenvalue weighted by Crippen LogP contribution is 2.34. The van der Waals surface area contributed by atoms with Crippen molar-refractivity contribution in [3.05, 3.63) is 64.4 Å². The number of ketones is 1. The van der Waals surface area contributed by atoms with Gasteiger partial charge in [0.15, 0.2) is 5.78 Å². The van der Waals surface area contributed by atoms with E-state index in [1.54, 1.807) is 0 Å². The van der Waals surface area contributed by atoms with Crippen molar-refractivity contribution in [1.29, 1.82) is 0 Å². The molecule has 0 amide bonds. The molecule has 0 spiro atoms. The minimum Gasteiger partial charge on any atom is -0.289 e. The zero-order valence-corrected chi connectivity index (χ0v) is 20.4. The molecule has 0 saturated heterocycles. The van der Waals surface area contributed by atoms with Crippen LogP contribution in [0.25, 0.3) is 0 Å². The van der Waals surface area contributed by atoms with Crippen LogP contribution in [0.1, 0.15) is 27.0 Å². The molecular formula is C15H8Br6O.